The molecule has 0 bridgehead atoms. The van der Waals surface area contributed by atoms with Gasteiger partial charge < -0.3 is 5.73 Å². The van der Waals surface area contributed by atoms with Crippen LogP contribution in [-0.4, -0.2) is 11.0 Å². The number of primary amides is 1. The summed E-state index contributed by atoms with van der Waals surface area (Å²) in [5.41, 5.74) is 12.6. The minimum Gasteiger partial charge on any atom is -0.351 e. The average Bonchev–Trinajstić information content (AvgIpc) is 2.85. The standard InChI is InChI=1S/C28H26ClN3O/c1-3-19-13-10-14-20(4-2)27(19)32(28(30)33)25-18-17-24(21-11-6-5-7-12-21)31-26(25)22-15-8-9-16-23(22)29/h5-18H,3-4H2,1-2H3,(H2,30,33). The number of hydrogen-bond acceptors (Lipinski definition) is 2. The third-order valence-corrected chi connectivity index (χ3v) is 6.05. The van der Waals surface area contributed by atoms with Gasteiger partial charge in [0.15, 0.2) is 0 Å². The number of pyridine rings is 1. The van der Waals surface area contributed by atoms with E-state index in [1.165, 1.54) is 0 Å². The van der Waals surface area contributed by atoms with Gasteiger partial charge in [0, 0.05) is 11.1 Å². The maximum atomic E-state index is 12.9. The second-order valence-corrected chi connectivity index (χ2v) is 8.12. The normalized spacial score (nSPS) is 10.8. The number of aromatic nitrogens is 1. The Morgan fingerprint density at radius 1 is 0.848 bits per heavy atom. The van der Waals surface area contributed by atoms with Gasteiger partial charge in [-0.05, 0) is 42.2 Å². The van der Waals surface area contributed by atoms with Gasteiger partial charge in [-0.25, -0.2) is 9.78 Å². The number of nitrogens with two attached hydrogens (primary N) is 1. The highest BCUT2D eigenvalue weighted by Gasteiger charge is 2.25. The zero-order valence-corrected chi connectivity index (χ0v) is 19.5. The molecule has 0 radical (unpaired) electrons. The summed E-state index contributed by atoms with van der Waals surface area (Å²) in [5, 5.41) is 0.556. The van der Waals surface area contributed by atoms with Crippen molar-refractivity contribution in [3.8, 4) is 22.5 Å². The summed E-state index contributed by atoms with van der Waals surface area (Å²) in [6.07, 6.45) is 1.54. The number of urea groups is 1. The molecule has 2 amide bonds. The van der Waals surface area contributed by atoms with E-state index >= 15 is 0 Å². The van der Waals surface area contributed by atoms with Crippen LogP contribution < -0.4 is 10.6 Å². The molecule has 0 unspecified atom stereocenters. The van der Waals surface area contributed by atoms with Crippen LogP contribution in [0.4, 0.5) is 16.2 Å². The summed E-state index contributed by atoms with van der Waals surface area (Å²) in [5.74, 6) is 0. The Bertz CT molecular complexity index is 1270. The zero-order chi connectivity index (χ0) is 23.4. The summed E-state index contributed by atoms with van der Waals surface area (Å²) < 4.78 is 0. The molecule has 0 saturated heterocycles. The van der Waals surface area contributed by atoms with Gasteiger partial charge in [-0.3, -0.25) is 4.90 Å². The van der Waals surface area contributed by atoms with E-state index in [0.717, 1.165) is 46.5 Å². The Hall–Kier alpha value is -3.63. The van der Waals surface area contributed by atoms with E-state index in [0.29, 0.717) is 16.4 Å². The Kier molecular flexibility index (Phi) is 6.76. The fraction of sp³-hybridized carbons (Fsp3) is 0.143. The number of para-hydroxylation sites is 1. The van der Waals surface area contributed by atoms with E-state index in [2.05, 4.69) is 13.8 Å². The van der Waals surface area contributed by atoms with Crippen molar-refractivity contribution in [2.75, 3.05) is 4.90 Å². The molecule has 0 aliphatic carbocycles. The third-order valence-electron chi connectivity index (χ3n) is 5.72. The topological polar surface area (TPSA) is 59.2 Å². The molecule has 0 atom stereocenters. The van der Waals surface area contributed by atoms with Crippen molar-refractivity contribution < 1.29 is 4.79 Å². The summed E-state index contributed by atoms with van der Waals surface area (Å²) in [6.45, 7) is 4.15. The van der Waals surface area contributed by atoms with Gasteiger partial charge in [0.2, 0.25) is 0 Å². The average molecular weight is 456 g/mol. The molecule has 166 valence electrons. The first-order valence-corrected chi connectivity index (χ1v) is 11.4. The lowest BCUT2D eigenvalue weighted by atomic mass is 10.00. The molecule has 2 N–H and O–H groups in total. The fourth-order valence-electron chi connectivity index (χ4n) is 4.11. The monoisotopic (exact) mass is 455 g/mol. The molecule has 4 rings (SSSR count). The number of halogens is 1. The largest absolute Gasteiger partial charge is 0.351 e. The first kappa shape index (κ1) is 22.6. The van der Waals surface area contributed by atoms with E-state index in [4.69, 9.17) is 22.3 Å². The van der Waals surface area contributed by atoms with Crippen LogP contribution in [0.1, 0.15) is 25.0 Å². The van der Waals surface area contributed by atoms with E-state index in [9.17, 15) is 4.79 Å². The molecule has 0 spiro atoms. The van der Waals surface area contributed by atoms with E-state index in [1.54, 1.807) is 4.90 Å². The molecule has 3 aromatic carbocycles. The molecular weight excluding hydrogens is 430 g/mol. The molecule has 0 aliphatic rings. The second kappa shape index (κ2) is 9.88. The number of carbonyl (C=O) groups excluding carboxylic acids is 1. The number of rotatable bonds is 6. The van der Waals surface area contributed by atoms with Gasteiger partial charge in [0.1, 0.15) is 0 Å². The molecule has 0 fully saturated rings. The van der Waals surface area contributed by atoms with Crippen LogP contribution in [0.3, 0.4) is 0 Å². The first-order chi connectivity index (χ1) is 16.0. The van der Waals surface area contributed by atoms with Crippen LogP contribution in [0.2, 0.25) is 5.02 Å². The SMILES string of the molecule is CCc1cccc(CC)c1N(C(N)=O)c1ccc(-c2ccccc2)nc1-c1ccccc1Cl. The van der Waals surface area contributed by atoms with Gasteiger partial charge >= 0.3 is 6.03 Å². The van der Waals surface area contributed by atoms with Gasteiger partial charge in [-0.2, -0.15) is 0 Å². The van der Waals surface area contributed by atoms with E-state index in [1.807, 2.05) is 84.9 Å². The van der Waals surface area contributed by atoms with Crippen LogP contribution in [0, 0.1) is 0 Å². The second-order valence-electron chi connectivity index (χ2n) is 7.72. The number of amides is 2. The van der Waals surface area contributed by atoms with Crippen LogP contribution in [0.25, 0.3) is 22.5 Å². The molecule has 1 aromatic heterocycles. The number of benzene rings is 3. The Balaban J connectivity index is 2.02. The highest BCUT2D eigenvalue weighted by molar-refractivity contribution is 6.33. The summed E-state index contributed by atoms with van der Waals surface area (Å²) in [7, 11) is 0. The van der Waals surface area contributed by atoms with Crippen molar-refractivity contribution in [3.05, 3.63) is 101 Å². The molecule has 4 aromatic rings. The lowest BCUT2D eigenvalue weighted by molar-refractivity contribution is 0.256. The number of nitrogens with zero attached hydrogens (tertiary/aromatic N) is 2. The lowest BCUT2D eigenvalue weighted by Crippen LogP contribution is -2.33. The maximum absolute atomic E-state index is 12.9. The lowest BCUT2D eigenvalue weighted by Gasteiger charge is -2.28. The number of hydrogen-bond donors (Lipinski definition) is 1. The van der Waals surface area contributed by atoms with Crippen LogP contribution in [0.5, 0.6) is 0 Å². The number of anilines is 2. The van der Waals surface area contributed by atoms with Gasteiger partial charge in [-0.1, -0.05) is 92.2 Å². The highest BCUT2D eigenvalue weighted by Crippen LogP contribution is 2.41. The Labute approximate surface area is 199 Å². The molecule has 0 aliphatic heterocycles. The number of aryl methyl sites for hydroxylation is 2. The molecular formula is C28H26ClN3O. The predicted molar refractivity (Wildman–Crippen MR) is 137 cm³/mol. The Morgan fingerprint density at radius 2 is 1.48 bits per heavy atom. The first-order valence-electron chi connectivity index (χ1n) is 11.1. The summed E-state index contributed by atoms with van der Waals surface area (Å²) in [4.78, 5) is 19.5. The van der Waals surface area contributed by atoms with Crippen molar-refractivity contribution in [1.29, 1.82) is 0 Å². The van der Waals surface area contributed by atoms with Crippen molar-refractivity contribution in [1.82, 2.24) is 4.98 Å². The van der Waals surface area contributed by atoms with Gasteiger partial charge in [-0.15, -0.1) is 0 Å². The van der Waals surface area contributed by atoms with Crippen molar-refractivity contribution in [3.63, 3.8) is 0 Å². The van der Waals surface area contributed by atoms with Crippen molar-refractivity contribution in [2.24, 2.45) is 5.73 Å². The molecule has 5 heteroatoms. The minimum atomic E-state index is -0.562. The van der Waals surface area contributed by atoms with E-state index < -0.39 is 6.03 Å². The quantitative estimate of drug-likeness (QED) is 0.329. The van der Waals surface area contributed by atoms with E-state index in [-0.39, 0.29) is 0 Å². The van der Waals surface area contributed by atoms with Crippen LogP contribution in [0.15, 0.2) is 84.9 Å². The Morgan fingerprint density at radius 3 is 2.09 bits per heavy atom. The summed E-state index contributed by atoms with van der Waals surface area (Å²) >= 11 is 6.60. The smallest absolute Gasteiger partial charge is 0.323 e. The predicted octanol–water partition coefficient (Wildman–Crippen LogP) is 7.41. The highest BCUT2D eigenvalue weighted by atomic mass is 35.5. The molecule has 1 heterocycles. The maximum Gasteiger partial charge on any atom is 0.323 e. The van der Waals surface area contributed by atoms with Crippen LogP contribution in [-0.2, 0) is 12.8 Å². The summed E-state index contributed by atoms with van der Waals surface area (Å²) in [6, 6.07) is 26.8. The van der Waals surface area contributed by atoms with Gasteiger partial charge in [0.25, 0.3) is 0 Å². The fourth-order valence-corrected chi connectivity index (χ4v) is 4.33. The number of carbonyl (C=O) groups is 1. The molecule has 33 heavy (non-hydrogen) atoms. The minimum absolute atomic E-state index is 0.556. The molecule has 4 nitrogen and oxygen atoms in total. The van der Waals surface area contributed by atoms with Gasteiger partial charge in [0.05, 0.1) is 27.8 Å². The van der Waals surface area contributed by atoms with Crippen LogP contribution >= 0.6 is 11.6 Å². The van der Waals surface area contributed by atoms with Crippen molar-refractivity contribution in [2.45, 2.75) is 26.7 Å². The third kappa shape index (κ3) is 4.48. The zero-order valence-electron chi connectivity index (χ0n) is 18.8. The van der Waals surface area contributed by atoms with Crippen molar-refractivity contribution >= 4 is 29.0 Å². The molecule has 0 saturated carbocycles.